The van der Waals surface area contributed by atoms with Crippen molar-refractivity contribution in [1.29, 1.82) is 0 Å². The van der Waals surface area contributed by atoms with E-state index in [4.69, 9.17) is 16.7 Å². The first kappa shape index (κ1) is 7.97. The van der Waals surface area contributed by atoms with E-state index in [2.05, 4.69) is 11.8 Å². The Balaban J connectivity index is 2.87. The Kier molecular flexibility index (Phi) is 2.83. The lowest BCUT2D eigenvalue weighted by atomic mass is 10.2. The molecule has 1 N–H and O–H groups in total. The molecule has 0 aliphatic carbocycles. The number of hydrogen-bond donors (Lipinski definition) is 1. The van der Waals surface area contributed by atoms with Gasteiger partial charge in [-0.05, 0) is 18.2 Å². The Hall–Kier alpha value is -1.13. The highest BCUT2D eigenvalue weighted by atomic mass is 35.5. The molecule has 0 saturated carbocycles. The van der Waals surface area contributed by atoms with Crippen LogP contribution in [0, 0.1) is 11.8 Å². The summed E-state index contributed by atoms with van der Waals surface area (Å²) < 4.78 is 0. The average molecular weight is 167 g/mol. The van der Waals surface area contributed by atoms with Crippen molar-refractivity contribution in [3.63, 3.8) is 0 Å². The smallest absolute Gasteiger partial charge is 0.116 e. The first-order chi connectivity index (χ1) is 5.33. The minimum Gasteiger partial charge on any atom is -0.508 e. The highest BCUT2D eigenvalue weighted by molar-refractivity contribution is 6.19. The van der Waals surface area contributed by atoms with Crippen LogP contribution < -0.4 is 0 Å². The van der Waals surface area contributed by atoms with Gasteiger partial charge in [-0.3, -0.25) is 0 Å². The molecular formula is C9H7ClO. The van der Waals surface area contributed by atoms with Gasteiger partial charge in [0.05, 0.1) is 5.88 Å². The predicted octanol–water partition coefficient (Wildman–Crippen LogP) is 1.98. The van der Waals surface area contributed by atoms with Crippen LogP contribution in [0.5, 0.6) is 5.75 Å². The van der Waals surface area contributed by atoms with Gasteiger partial charge in [0, 0.05) is 5.56 Å². The molecule has 0 amide bonds. The van der Waals surface area contributed by atoms with Crippen molar-refractivity contribution in [2.24, 2.45) is 0 Å². The van der Waals surface area contributed by atoms with E-state index < -0.39 is 0 Å². The second kappa shape index (κ2) is 3.90. The van der Waals surface area contributed by atoms with E-state index in [1.807, 2.05) is 6.07 Å². The fourth-order valence-corrected chi connectivity index (χ4v) is 0.786. The van der Waals surface area contributed by atoms with Gasteiger partial charge < -0.3 is 5.11 Å². The van der Waals surface area contributed by atoms with Crippen molar-refractivity contribution >= 4 is 11.6 Å². The zero-order valence-electron chi connectivity index (χ0n) is 5.84. The average Bonchev–Trinajstić information content (AvgIpc) is 2.01. The molecule has 0 spiro atoms. The molecule has 0 aliphatic rings. The van der Waals surface area contributed by atoms with Crippen LogP contribution in [0.25, 0.3) is 0 Å². The fourth-order valence-electron chi connectivity index (χ4n) is 0.719. The summed E-state index contributed by atoms with van der Waals surface area (Å²) in [6, 6.07) is 6.76. The summed E-state index contributed by atoms with van der Waals surface area (Å²) in [4.78, 5) is 0. The lowest BCUT2D eigenvalue weighted by Gasteiger charge is -1.90. The first-order valence-electron chi connectivity index (χ1n) is 3.17. The molecule has 1 aromatic rings. The molecule has 0 heterocycles. The molecule has 0 aliphatic heterocycles. The topological polar surface area (TPSA) is 20.2 Å². The van der Waals surface area contributed by atoms with E-state index in [-0.39, 0.29) is 5.75 Å². The quantitative estimate of drug-likeness (QED) is 0.462. The number of benzene rings is 1. The lowest BCUT2D eigenvalue weighted by Crippen LogP contribution is -1.72. The van der Waals surface area contributed by atoms with Crippen molar-refractivity contribution < 1.29 is 5.11 Å². The minimum atomic E-state index is 0.228. The van der Waals surface area contributed by atoms with E-state index >= 15 is 0 Å². The highest BCUT2D eigenvalue weighted by Crippen LogP contribution is 2.09. The molecule has 0 saturated heterocycles. The fraction of sp³-hybridized carbons (Fsp3) is 0.111. The number of aromatic hydroxyl groups is 1. The Morgan fingerprint density at radius 2 is 2.27 bits per heavy atom. The van der Waals surface area contributed by atoms with Crippen molar-refractivity contribution in [1.82, 2.24) is 0 Å². The van der Waals surface area contributed by atoms with Gasteiger partial charge in [0.15, 0.2) is 0 Å². The van der Waals surface area contributed by atoms with Crippen molar-refractivity contribution in [2.75, 3.05) is 5.88 Å². The lowest BCUT2D eigenvalue weighted by molar-refractivity contribution is 0.475. The Labute approximate surface area is 70.6 Å². The van der Waals surface area contributed by atoms with Crippen molar-refractivity contribution in [3.8, 4) is 17.6 Å². The molecule has 56 valence electrons. The Morgan fingerprint density at radius 1 is 1.45 bits per heavy atom. The van der Waals surface area contributed by atoms with Crippen LogP contribution in [-0.2, 0) is 0 Å². The van der Waals surface area contributed by atoms with Gasteiger partial charge in [-0.15, -0.1) is 11.6 Å². The first-order valence-corrected chi connectivity index (χ1v) is 3.70. The van der Waals surface area contributed by atoms with Gasteiger partial charge in [-0.2, -0.15) is 0 Å². The molecule has 0 fully saturated rings. The van der Waals surface area contributed by atoms with Gasteiger partial charge >= 0.3 is 0 Å². The minimum absolute atomic E-state index is 0.228. The summed E-state index contributed by atoms with van der Waals surface area (Å²) in [7, 11) is 0. The molecule has 1 aromatic carbocycles. The molecule has 2 heteroatoms. The molecule has 0 unspecified atom stereocenters. The third kappa shape index (κ3) is 2.53. The monoisotopic (exact) mass is 166 g/mol. The number of phenols is 1. The van der Waals surface area contributed by atoms with Gasteiger partial charge in [-0.25, -0.2) is 0 Å². The van der Waals surface area contributed by atoms with Crippen molar-refractivity contribution in [2.45, 2.75) is 0 Å². The zero-order chi connectivity index (χ0) is 8.10. The van der Waals surface area contributed by atoms with Gasteiger partial charge in [-0.1, -0.05) is 17.9 Å². The van der Waals surface area contributed by atoms with Crippen LogP contribution in [0.15, 0.2) is 24.3 Å². The number of phenolic OH excluding ortho intramolecular Hbond substituents is 1. The molecule has 0 bridgehead atoms. The second-order valence-corrected chi connectivity index (χ2v) is 2.25. The van der Waals surface area contributed by atoms with Crippen LogP contribution in [0.1, 0.15) is 5.56 Å². The summed E-state index contributed by atoms with van der Waals surface area (Å²) >= 11 is 5.36. The van der Waals surface area contributed by atoms with E-state index in [1.165, 1.54) is 0 Å². The third-order valence-corrected chi connectivity index (χ3v) is 1.28. The summed E-state index contributed by atoms with van der Waals surface area (Å²) in [6.07, 6.45) is 0. The molecule has 11 heavy (non-hydrogen) atoms. The third-order valence-electron chi connectivity index (χ3n) is 1.15. The molecular weight excluding hydrogens is 160 g/mol. The van der Waals surface area contributed by atoms with Crippen LogP contribution >= 0.6 is 11.6 Å². The van der Waals surface area contributed by atoms with E-state index in [0.717, 1.165) is 5.56 Å². The van der Waals surface area contributed by atoms with Crippen molar-refractivity contribution in [3.05, 3.63) is 29.8 Å². The summed E-state index contributed by atoms with van der Waals surface area (Å²) in [5, 5.41) is 9.01. The largest absolute Gasteiger partial charge is 0.508 e. The Morgan fingerprint density at radius 3 is 2.91 bits per heavy atom. The van der Waals surface area contributed by atoms with E-state index in [0.29, 0.717) is 5.88 Å². The molecule has 0 aromatic heterocycles. The van der Waals surface area contributed by atoms with Gasteiger partial charge in [0.25, 0.3) is 0 Å². The normalized spacial score (nSPS) is 8.45. The molecule has 0 atom stereocenters. The van der Waals surface area contributed by atoms with Crippen LogP contribution in [0.2, 0.25) is 0 Å². The molecule has 0 radical (unpaired) electrons. The number of rotatable bonds is 0. The van der Waals surface area contributed by atoms with Crippen LogP contribution in [-0.4, -0.2) is 11.0 Å². The van der Waals surface area contributed by atoms with Crippen LogP contribution in [0.4, 0.5) is 0 Å². The maximum atomic E-state index is 9.01. The maximum absolute atomic E-state index is 9.01. The molecule has 1 rings (SSSR count). The summed E-state index contributed by atoms with van der Waals surface area (Å²) in [5.41, 5.74) is 0.783. The van der Waals surface area contributed by atoms with Crippen LogP contribution in [0.3, 0.4) is 0 Å². The second-order valence-electron chi connectivity index (χ2n) is 1.99. The SMILES string of the molecule is Oc1cccc(C#CCCl)c1. The summed E-state index contributed by atoms with van der Waals surface area (Å²) in [6.45, 7) is 0. The predicted molar refractivity (Wildman–Crippen MR) is 45.7 cm³/mol. The Bertz CT molecular complexity index is 296. The van der Waals surface area contributed by atoms with Gasteiger partial charge in [0.1, 0.15) is 5.75 Å². The highest BCUT2D eigenvalue weighted by Gasteiger charge is 1.87. The molecule has 1 nitrogen and oxygen atoms in total. The van der Waals surface area contributed by atoms with E-state index in [9.17, 15) is 0 Å². The van der Waals surface area contributed by atoms with Gasteiger partial charge in [0.2, 0.25) is 0 Å². The number of halogens is 1. The standard InChI is InChI=1S/C9H7ClO/c10-6-2-4-8-3-1-5-9(11)7-8/h1,3,5,7,11H,6H2. The van der Waals surface area contributed by atoms with E-state index in [1.54, 1.807) is 18.2 Å². The summed E-state index contributed by atoms with van der Waals surface area (Å²) in [5.74, 6) is 6.03. The zero-order valence-corrected chi connectivity index (χ0v) is 6.60. The number of alkyl halides is 1. The number of hydrogen-bond acceptors (Lipinski definition) is 1. The maximum Gasteiger partial charge on any atom is 0.116 e.